The van der Waals surface area contributed by atoms with Gasteiger partial charge in [0.25, 0.3) is 0 Å². The third-order valence-electron chi connectivity index (χ3n) is 3.78. The van der Waals surface area contributed by atoms with Crippen LogP contribution in [0.15, 0.2) is 55.0 Å². The molecule has 2 aromatic heterocycles. The van der Waals surface area contributed by atoms with E-state index in [1.807, 2.05) is 31.3 Å². The predicted molar refractivity (Wildman–Crippen MR) is 102 cm³/mol. The van der Waals surface area contributed by atoms with E-state index in [0.717, 1.165) is 11.1 Å². The first kappa shape index (κ1) is 18.2. The van der Waals surface area contributed by atoms with Crippen LogP contribution in [0.2, 0.25) is 10.0 Å². The first-order valence-electron chi connectivity index (χ1n) is 7.97. The van der Waals surface area contributed by atoms with Gasteiger partial charge in [-0.3, -0.25) is 0 Å². The molecule has 0 bridgehead atoms. The second kappa shape index (κ2) is 8.21. The predicted octanol–water partition coefficient (Wildman–Crippen LogP) is 4.13. The minimum atomic E-state index is -0.292. The maximum absolute atomic E-state index is 12.1. The lowest BCUT2D eigenvalue weighted by atomic mass is 10.1. The van der Waals surface area contributed by atoms with Crippen molar-refractivity contribution in [2.24, 2.45) is 0 Å². The molecular formula is C18H17Cl2N5O. The highest BCUT2D eigenvalue weighted by atomic mass is 35.5. The van der Waals surface area contributed by atoms with Crippen LogP contribution in [0.1, 0.15) is 24.1 Å². The van der Waals surface area contributed by atoms with Crippen LogP contribution in [0.5, 0.6) is 0 Å². The molecule has 3 rings (SSSR count). The van der Waals surface area contributed by atoms with E-state index in [1.54, 1.807) is 35.3 Å². The molecule has 3 aromatic rings. The Bertz CT molecular complexity index is 881. The van der Waals surface area contributed by atoms with Crippen molar-refractivity contribution >= 4 is 29.2 Å². The summed E-state index contributed by atoms with van der Waals surface area (Å²) in [4.78, 5) is 16.4. The molecule has 26 heavy (non-hydrogen) atoms. The number of hydrogen-bond acceptors (Lipinski definition) is 3. The maximum atomic E-state index is 12.1. The molecule has 2 heterocycles. The number of rotatable bonds is 5. The Kier molecular flexibility index (Phi) is 5.75. The summed E-state index contributed by atoms with van der Waals surface area (Å²) in [6.07, 6.45) is 5.21. The number of pyridine rings is 1. The lowest BCUT2D eigenvalue weighted by Gasteiger charge is -2.16. The molecule has 0 aliphatic rings. The van der Waals surface area contributed by atoms with E-state index in [0.29, 0.717) is 22.4 Å². The Hall–Kier alpha value is -2.57. The Morgan fingerprint density at radius 3 is 2.77 bits per heavy atom. The molecule has 0 unspecified atom stereocenters. The van der Waals surface area contributed by atoms with Crippen molar-refractivity contribution in [3.05, 3.63) is 76.2 Å². The minimum absolute atomic E-state index is 0.250. The van der Waals surface area contributed by atoms with Crippen LogP contribution in [-0.4, -0.2) is 20.8 Å². The third-order valence-corrected chi connectivity index (χ3v) is 4.34. The van der Waals surface area contributed by atoms with Gasteiger partial charge in [-0.25, -0.2) is 14.5 Å². The van der Waals surface area contributed by atoms with Crippen LogP contribution in [0.25, 0.3) is 5.82 Å². The van der Waals surface area contributed by atoms with Crippen molar-refractivity contribution in [3.8, 4) is 5.82 Å². The van der Waals surface area contributed by atoms with Gasteiger partial charge in [0.1, 0.15) is 0 Å². The summed E-state index contributed by atoms with van der Waals surface area (Å²) < 4.78 is 1.67. The molecule has 0 radical (unpaired) electrons. The van der Waals surface area contributed by atoms with E-state index in [-0.39, 0.29) is 12.1 Å². The number of carbonyl (C=O) groups excluding carboxylic acids is 1. The Morgan fingerprint density at radius 2 is 2.12 bits per heavy atom. The highest BCUT2D eigenvalue weighted by Crippen LogP contribution is 2.25. The summed E-state index contributed by atoms with van der Waals surface area (Å²) in [5.41, 5.74) is 1.68. The van der Waals surface area contributed by atoms with Crippen molar-refractivity contribution in [1.82, 2.24) is 25.4 Å². The van der Waals surface area contributed by atoms with Crippen LogP contribution in [0, 0.1) is 0 Å². The molecule has 0 saturated heterocycles. The first-order chi connectivity index (χ1) is 12.5. The number of nitrogens with one attached hydrogen (secondary N) is 2. The molecule has 2 amide bonds. The second-order valence-electron chi connectivity index (χ2n) is 5.69. The fraction of sp³-hybridized carbons (Fsp3) is 0.167. The topological polar surface area (TPSA) is 71.8 Å². The number of urea groups is 1. The molecular weight excluding hydrogens is 373 g/mol. The maximum Gasteiger partial charge on any atom is 0.315 e. The number of nitrogens with zero attached hydrogens (tertiary/aromatic N) is 3. The lowest BCUT2D eigenvalue weighted by Crippen LogP contribution is -2.36. The smallest absolute Gasteiger partial charge is 0.315 e. The molecule has 0 aliphatic heterocycles. The zero-order valence-electron chi connectivity index (χ0n) is 14.0. The molecule has 134 valence electrons. The number of hydrogen-bond donors (Lipinski definition) is 2. The van der Waals surface area contributed by atoms with E-state index < -0.39 is 0 Å². The number of benzene rings is 1. The Balaban J connectivity index is 1.53. The summed E-state index contributed by atoms with van der Waals surface area (Å²) in [6, 6.07) is 10.2. The van der Waals surface area contributed by atoms with E-state index in [9.17, 15) is 4.79 Å². The van der Waals surface area contributed by atoms with E-state index in [2.05, 4.69) is 20.7 Å². The third kappa shape index (κ3) is 4.53. The number of aromatic nitrogens is 3. The summed E-state index contributed by atoms with van der Waals surface area (Å²) in [7, 11) is 0. The van der Waals surface area contributed by atoms with Gasteiger partial charge in [0.2, 0.25) is 0 Å². The van der Waals surface area contributed by atoms with Crippen molar-refractivity contribution in [3.63, 3.8) is 0 Å². The largest absolute Gasteiger partial charge is 0.334 e. The monoisotopic (exact) mass is 389 g/mol. The summed E-state index contributed by atoms with van der Waals surface area (Å²) in [5.74, 6) is 0.717. The van der Waals surface area contributed by atoms with Crippen LogP contribution >= 0.6 is 23.2 Å². The summed E-state index contributed by atoms with van der Waals surface area (Å²) >= 11 is 12.1. The Morgan fingerprint density at radius 1 is 1.27 bits per heavy atom. The van der Waals surface area contributed by atoms with Gasteiger partial charge in [-0.2, -0.15) is 5.10 Å². The van der Waals surface area contributed by atoms with Gasteiger partial charge in [-0.1, -0.05) is 35.3 Å². The van der Waals surface area contributed by atoms with Gasteiger partial charge < -0.3 is 10.6 Å². The molecule has 2 N–H and O–H groups in total. The lowest BCUT2D eigenvalue weighted by molar-refractivity contribution is 0.237. The molecule has 1 aromatic carbocycles. The van der Waals surface area contributed by atoms with Crippen molar-refractivity contribution in [2.45, 2.75) is 19.5 Å². The molecule has 0 aliphatic carbocycles. The van der Waals surface area contributed by atoms with Gasteiger partial charge >= 0.3 is 6.03 Å². The standard InChI is InChI=1S/C18H17Cl2N5O/c1-12(15-5-4-14(19)9-16(15)20)24-18(26)22-11-13-3-6-17(21-10-13)25-8-2-7-23-25/h2-10,12H,11H2,1H3,(H2,22,24,26)/t12-/m1/s1. The van der Waals surface area contributed by atoms with Gasteiger partial charge in [-0.15, -0.1) is 0 Å². The zero-order valence-corrected chi connectivity index (χ0v) is 15.5. The van der Waals surface area contributed by atoms with Crippen molar-refractivity contribution in [1.29, 1.82) is 0 Å². The number of amides is 2. The van der Waals surface area contributed by atoms with E-state index in [4.69, 9.17) is 23.2 Å². The van der Waals surface area contributed by atoms with Gasteiger partial charge in [-0.05, 0) is 42.3 Å². The molecule has 0 saturated carbocycles. The van der Waals surface area contributed by atoms with Crippen molar-refractivity contribution in [2.75, 3.05) is 0 Å². The van der Waals surface area contributed by atoms with Gasteiger partial charge in [0.15, 0.2) is 5.82 Å². The van der Waals surface area contributed by atoms with Gasteiger partial charge in [0.05, 0.1) is 6.04 Å². The highest BCUT2D eigenvalue weighted by molar-refractivity contribution is 6.35. The van der Waals surface area contributed by atoms with Gasteiger partial charge in [0, 0.05) is 35.2 Å². The molecule has 0 spiro atoms. The number of halogens is 2. The fourth-order valence-corrected chi connectivity index (χ4v) is 2.99. The van der Waals surface area contributed by atoms with Crippen LogP contribution in [0.3, 0.4) is 0 Å². The average Bonchev–Trinajstić information content (AvgIpc) is 3.15. The van der Waals surface area contributed by atoms with Crippen LogP contribution in [0.4, 0.5) is 4.79 Å². The first-order valence-corrected chi connectivity index (χ1v) is 8.73. The Labute approximate surface area is 161 Å². The second-order valence-corrected chi connectivity index (χ2v) is 6.53. The molecule has 6 nitrogen and oxygen atoms in total. The van der Waals surface area contributed by atoms with E-state index >= 15 is 0 Å². The molecule has 1 atom stereocenters. The highest BCUT2D eigenvalue weighted by Gasteiger charge is 2.12. The SMILES string of the molecule is C[C@@H](NC(=O)NCc1ccc(-n2cccn2)nc1)c1ccc(Cl)cc1Cl. The van der Waals surface area contributed by atoms with E-state index in [1.165, 1.54) is 0 Å². The molecule has 0 fully saturated rings. The summed E-state index contributed by atoms with van der Waals surface area (Å²) in [5, 5.41) is 10.8. The zero-order chi connectivity index (χ0) is 18.5. The average molecular weight is 390 g/mol. The van der Waals surface area contributed by atoms with Crippen LogP contribution < -0.4 is 10.6 Å². The number of carbonyl (C=O) groups is 1. The van der Waals surface area contributed by atoms with Crippen LogP contribution in [-0.2, 0) is 6.54 Å². The summed E-state index contributed by atoms with van der Waals surface area (Å²) in [6.45, 7) is 2.22. The normalized spacial score (nSPS) is 11.8. The van der Waals surface area contributed by atoms with Crippen molar-refractivity contribution < 1.29 is 4.79 Å². The quantitative estimate of drug-likeness (QED) is 0.688. The minimum Gasteiger partial charge on any atom is -0.334 e. The fourth-order valence-electron chi connectivity index (χ4n) is 2.42. The molecule has 8 heteroatoms.